The lowest BCUT2D eigenvalue weighted by atomic mass is 10.2. The molecule has 2 heterocycles. The minimum absolute atomic E-state index is 0.589. The van der Waals surface area contributed by atoms with E-state index in [1.54, 1.807) is 17.4 Å². The van der Waals surface area contributed by atoms with E-state index in [0.717, 1.165) is 29.8 Å². The minimum Gasteiger partial charge on any atom is -0.230 e. The Labute approximate surface area is 156 Å². The Morgan fingerprint density at radius 3 is 2.79 bits per heavy atom. The van der Waals surface area contributed by atoms with Crippen molar-refractivity contribution in [2.45, 2.75) is 26.7 Å². The molecule has 124 valence electrons. The third kappa shape index (κ3) is 3.59. The Balaban J connectivity index is 2.02. The average Bonchev–Trinajstić information content (AvgIpc) is 3.14. The minimum atomic E-state index is 0.589. The summed E-state index contributed by atoms with van der Waals surface area (Å²) in [6.07, 6.45) is 8.53. The molecule has 0 aliphatic rings. The number of rotatable bonds is 5. The van der Waals surface area contributed by atoms with E-state index >= 15 is 0 Å². The van der Waals surface area contributed by atoms with Crippen LogP contribution in [0.3, 0.4) is 0 Å². The van der Waals surface area contributed by atoms with E-state index in [1.807, 2.05) is 23.0 Å². The Morgan fingerprint density at radius 1 is 1.21 bits per heavy atom. The van der Waals surface area contributed by atoms with Gasteiger partial charge in [-0.25, -0.2) is 4.68 Å². The Hall–Kier alpha value is -1.55. The molecule has 0 fully saturated rings. The van der Waals surface area contributed by atoms with Gasteiger partial charge in [0.1, 0.15) is 0 Å². The van der Waals surface area contributed by atoms with Crippen molar-refractivity contribution in [3.63, 3.8) is 0 Å². The van der Waals surface area contributed by atoms with E-state index in [0.29, 0.717) is 10.0 Å². The second kappa shape index (κ2) is 7.56. The predicted molar refractivity (Wildman–Crippen MR) is 106 cm³/mol. The van der Waals surface area contributed by atoms with E-state index in [4.69, 9.17) is 23.2 Å². The molecule has 3 aromatic rings. The molecule has 0 saturated heterocycles. The van der Waals surface area contributed by atoms with Crippen molar-refractivity contribution in [3.8, 4) is 16.3 Å². The SMILES string of the molecule is CCCC=Cc1ccc(-c2c(C)cnn2-c2ccc(Cl)cc2Cl)s1. The van der Waals surface area contributed by atoms with Crippen molar-refractivity contribution in [3.05, 3.63) is 63.1 Å². The summed E-state index contributed by atoms with van der Waals surface area (Å²) >= 11 is 14.1. The summed E-state index contributed by atoms with van der Waals surface area (Å²) in [6.45, 7) is 4.25. The summed E-state index contributed by atoms with van der Waals surface area (Å²) < 4.78 is 1.89. The van der Waals surface area contributed by atoms with Gasteiger partial charge in [0.15, 0.2) is 0 Å². The van der Waals surface area contributed by atoms with Gasteiger partial charge in [0.25, 0.3) is 0 Å². The molecule has 0 N–H and O–H groups in total. The third-order valence-electron chi connectivity index (χ3n) is 3.69. The van der Waals surface area contributed by atoms with Gasteiger partial charge < -0.3 is 0 Å². The molecule has 0 spiro atoms. The summed E-state index contributed by atoms with van der Waals surface area (Å²) in [5.41, 5.74) is 3.02. The van der Waals surface area contributed by atoms with Crippen molar-refractivity contribution in [1.82, 2.24) is 9.78 Å². The highest BCUT2D eigenvalue weighted by molar-refractivity contribution is 7.16. The maximum absolute atomic E-state index is 6.37. The van der Waals surface area contributed by atoms with Gasteiger partial charge in [-0.3, -0.25) is 0 Å². The fourth-order valence-electron chi connectivity index (χ4n) is 2.50. The van der Waals surface area contributed by atoms with Gasteiger partial charge in [-0.05, 0) is 55.3 Å². The van der Waals surface area contributed by atoms with Crippen LogP contribution in [0.5, 0.6) is 0 Å². The first kappa shape index (κ1) is 17.3. The van der Waals surface area contributed by atoms with Crippen molar-refractivity contribution in [2.75, 3.05) is 0 Å². The van der Waals surface area contributed by atoms with Gasteiger partial charge in [0, 0.05) is 9.90 Å². The quantitative estimate of drug-likeness (QED) is 0.467. The molecule has 3 rings (SSSR count). The van der Waals surface area contributed by atoms with E-state index < -0.39 is 0 Å². The Kier molecular flexibility index (Phi) is 5.44. The van der Waals surface area contributed by atoms with Crippen LogP contribution in [0.1, 0.15) is 30.2 Å². The molecule has 0 unspecified atom stereocenters. The number of hydrogen-bond acceptors (Lipinski definition) is 2. The van der Waals surface area contributed by atoms with Crippen LogP contribution in [-0.4, -0.2) is 9.78 Å². The number of aromatic nitrogens is 2. The molecular formula is C19H18Cl2N2S. The molecular weight excluding hydrogens is 359 g/mol. The first-order valence-electron chi connectivity index (χ1n) is 7.87. The molecule has 2 aromatic heterocycles. The summed E-state index contributed by atoms with van der Waals surface area (Å²) in [7, 11) is 0. The lowest BCUT2D eigenvalue weighted by molar-refractivity contribution is 0.890. The molecule has 0 saturated carbocycles. The molecule has 2 nitrogen and oxygen atoms in total. The van der Waals surface area contributed by atoms with Crippen molar-refractivity contribution in [1.29, 1.82) is 0 Å². The van der Waals surface area contributed by atoms with Crippen LogP contribution in [0.2, 0.25) is 10.0 Å². The lowest BCUT2D eigenvalue weighted by Gasteiger charge is -2.09. The van der Waals surface area contributed by atoms with Crippen LogP contribution in [0.25, 0.3) is 22.3 Å². The fraction of sp³-hybridized carbons (Fsp3) is 0.211. The Morgan fingerprint density at radius 2 is 2.04 bits per heavy atom. The first-order chi connectivity index (χ1) is 11.6. The van der Waals surface area contributed by atoms with E-state index in [2.05, 4.69) is 43.2 Å². The molecule has 0 bridgehead atoms. The number of halogens is 2. The first-order valence-corrected chi connectivity index (χ1v) is 9.44. The maximum atomic E-state index is 6.37. The summed E-state index contributed by atoms with van der Waals surface area (Å²) in [5.74, 6) is 0. The number of aryl methyl sites for hydroxylation is 1. The fourth-order valence-corrected chi connectivity index (χ4v) is 4.02. The monoisotopic (exact) mass is 376 g/mol. The topological polar surface area (TPSA) is 17.8 Å². The van der Waals surface area contributed by atoms with Crippen LogP contribution >= 0.6 is 34.5 Å². The predicted octanol–water partition coefficient (Wildman–Crippen LogP) is 7.03. The third-order valence-corrected chi connectivity index (χ3v) is 5.28. The van der Waals surface area contributed by atoms with Crippen LogP contribution in [0, 0.1) is 6.92 Å². The number of allylic oxidation sites excluding steroid dienone is 1. The highest BCUT2D eigenvalue weighted by Crippen LogP contribution is 2.35. The summed E-state index contributed by atoms with van der Waals surface area (Å²) in [6, 6.07) is 9.76. The van der Waals surface area contributed by atoms with Crippen LogP contribution in [-0.2, 0) is 0 Å². The van der Waals surface area contributed by atoms with Gasteiger partial charge in [-0.2, -0.15) is 5.10 Å². The van der Waals surface area contributed by atoms with Gasteiger partial charge in [0.2, 0.25) is 0 Å². The highest BCUT2D eigenvalue weighted by Gasteiger charge is 2.15. The smallest absolute Gasteiger partial charge is 0.0870 e. The van der Waals surface area contributed by atoms with Crippen LogP contribution < -0.4 is 0 Å². The zero-order valence-corrected chi connectivity index (χ0v) is 15.9. The van der Waals surface area contributed by atoms with Gasteiger partial charge in [-0.1, -0.05) is 42.6 Å². The van der Waals surface area contributed by atoms with Gasteiger partial charge in [0.05, 0.1) is 27.5 Å². The zero-order valence-electron chi connectivity index (χ0n) is 13.6. The number of nitrogens with zero attached hydrogens (tertiary/aromatic N) is 2. The normalized spacial score (nSPS) is 11.5. The molecule has 24 heavy (non-hydrogen) atoms. The van der Waals surface area contributed by atoms with Crippen molar-refractivity contribution >= 4 is 40.6 Å². The molecule has 0 amide bonds. The largest absolute Gasteiger partial charge is 0.230 e. The molecule has 0 radical (unpaired) electrons. The standard InChI is InChI=1S/C19H18Cl2N2S/c1-3-4-5-6-15-8-10-18(24-15)19-13(2)12-22-23(19)17-9-7-14(20)11-16(17)21/h5-12H,3-4H2,1-2H3. The van der Waals surface area contributed by atoms with Gasteiger partial charge >= 0.3 is 0 Å². The number of thiophene rings is 1. The molecule has 1 aromatic carbocycles. The number of benzene rings is 1. The maximum Gasteiger partial charge on any atom is 0.0870 e. The molecule has 5 heteroatoms. The van der Waals surface area contributed by atoms with Crippen molar-refractivity contribution in [2.24, 2.45) is 0 Å². The molecule has 0 aliphatic carbocycles. The average molecular weight is 377 g/mol. The number of hydrogen-bond donors (Lipinski definition) is 0. The van der Waals surface area contributed by atoms with Crippen LogP contribution in [0.15, 0.2) is 42.6 Å². The zero-order chi connectivity index (χ0) is 17.1. The summed E-state index contributed by atoms with van der Waals surface area (Å²) in [4.78, 5) is 2.42. The summed E-state index contributed by atoms with van der Waals surface area (Å²) in [5, 5.41) is 5.72. The van der Waals surface area contributed by atoms with Gasteiger partial charge in [-0.15, -0.1) is 11.3 Å². The highest BCUT2D eigenvalue weighted by atomic mass is 35.5. The molecule has 0 atom stereocenters. The van der Waals surface area contributed by atoms with E-state index in [-0.39, 0.29) is 0 Å². The van der Waals surface area contributed by atoms with E-state index in [1.165, 1.54) is 9.75 Å². The Bertz CT molecular complexity index is 877. The molecule has 0 aliphatic heterocycles. The second-order valence-electron chi connectivity index (χ2n) is 5.58. The second-order valence-corrected chi connectivity index (χ2v) is 7.54. The van der Waals surface area contributed by atoms with Crippen molar-refractivity contribution < 1.29 is 0 Å². The van der Waals surface area contributed by atoms with E-state index in [9.17, 15) is 0 Å². The lowest BCUT2D eigenvalue weighted by Crippen LogP contribution is -1.99. The number of unbranched alkanes of at least 4 members (excludes halogenated alkanes) is 1. The van der Waals surface area contributed by atoms with Crippen LogP contribution in [0.4, 0.5) is 0 Å².